The van der Waals surface area contributed by atoms with Crippen LogP contribution in [0.4, 0.5) is 0 Å². The van der Waals surface area contributed by atoms with Gasteiger partial charge < -0.3 is 5.32 Å². The van der Waals surface area contributed by atoms with E-state index in [1.165, 1.54) is 30.4 Å². The number of nitrogens with zero attached hydrogens (tertiary/aromatic N) is 2. The summed E-state index contributed by atoms with van der Waals surface area (Å²) < 4.78 is 0. The average Bonchev–Trinajstić information content (AvgIpc) is 2.59. The van der Waals surface area contributed by atoms with Crippen LogP contribution >= 0.6 is 0 Å². The summed E-state index contributed by atoms with van der Waals surface area (Å²) in [5.74, 6) is 0.102. The highest BCUT2D eigenvalue weighted by Gasteiger charge is 2.33. The van der Waals surface area contributed by atoms with E-state index in [2.05, 4.69) is 22.4 Å². The Morgan fingerprint density at radius 3 is 2.79 bits per heavy atom. The van der Waals surface area contributed by atoms with Crippen molar-refractivity contribution in [2.24, 2.45) is 0 Å². The Hall–Kier alpha value is -1.86. The number of fused-ring (bicyclic) bond motifs is 1. The van der Waals surface area contributed by atoms with Gasteiger partial charge in [0.25, 0.3) is 0 Å². The third-order valence-corrected chi connectivity index (χ3v) is 5.59. The summed E-state index contributed by atoms with van der Waals surface area (Å²) >= 11 is 0. The van der Waals surface area contributed by atoms with Crippen LogP contribution in [0.3, 0.4) is 0 Å². The van der Waals surface area contributed by atoms with Crippen molar-refractivity contribution in [3.8, 4) is 6.07 Å². The van der Waals surface area contributed by atoms with Gasteiger partial charge >= 0.3 is 0 Å². The molecule has 1 aliphatic heterocycles. The first kappa shape index (κ1) is 17.0. The fourth-order valence-corrected chi connectivity index (χ4v) is 4.28. The fraction of sp³-hybridized carbons (Fsp3) is 0.600. The zero-order valence-corrected chi connectivity index (χ0v) is 14.6. The predicted octanol–water partition coefficient (Wildman–Crippen LogP) is 3.15. The highest BCUT2D eigenvalue weighted by molar-refractivity contribution is 5.73. The number of carbonyl (C=O) groups is 1. The second-order valence-corrected chi connectivity index (χ2v) is 7.39. The van der Waals surface area contributed by atoms with Crippen molar-refractivity contribution in [2.45, 2.75) is 64.0 Å². The SMILES string of the molecule is CC(=O)NC1(CCN2CCc3cc(C#N)ccc3C2)CCCCC1. The molecule has 2 aliphatic rings. The summed E-state index contributed by atoms with van der Waals surface area (Å²) in [5, 5.41) is 12.3. The van der Waals surface area contributed by atoms with Gasteiger partial charge in [0.05, 0.1) is 11.6 Å². The number of rotatable bonds is 4. The predicted molar refractivity (Wildman–Crippen MR) is 94.4 cm³/mol. The number of benzene rings is 1. The van der Waals surface area contributed by atoms with Crippen molar-refractivity contribution in [3.63, 3.8) is 0 Å². The van der Waals surface area contributed by atoms with E-state index in [0.29, 0.717) is 0 Å². The zero-order valence-electron chi connectivity index (χ0n) is 14.6. The number of hydrogen-bond donors (Lipinski definition) is 1. The normalized spacial score (nSPS) is 20.0. The fourth-order valence-electron chi connectivity index (χ4n) is 4.28. The topological polar surface area (TPSA) is 56.1 Å². The molecule has 0 saturated heterocycles. The Morgan fingerprint density at radius 1 is 1.29 bits per heavy atom. The van der Waals surface area contributed by atoms with Crippen molar-refractivity contribution in [3.05, 3.63) is 34.9 Å². The van der Waals surface area contributed by atoms with Crippen molar-refractivity contribution in [1.82, 2.24) is 10.2 Å². The van der Waals surface area contributed by atoms with Crippen LogP contribution in [0.25, 0.3) is 0 Å². The van der Waals surface area contributed by atoms with Crippen LogP contribution < -0.4 is 5.32 Å². The largest absolute Gasteiger partial charge is 0.351 e. The Labute approximate surface area is 144 Å². The molecule has 1 aromatic carbocycles. The molecule has 1 N–H and O–H groups in total. The molecule has 1 heterocycles. The van der Waals surface area contributed by atoms with Crippen LogP contribution in [0, 0.1) is 11.3 Å². The quantitative estimate of drug-likeness (QED) is 0.925. The van der Waals surface area contributed by atoms with Gasteiger partial charge in [-0.2, -0.15) is 5.26 Å². The second-order valence-electron chi connectivity index (χ2n) is 7.39. The number of carbonyl (C=O) groups excluding carboxylic acids is 1. The molecule has 1 aromatic rings. The molecule has 3 rings (SSSR count). The van der Waals surface area contributed by atoms with Crippen molar-refractivity contribution < 1.29 is 4.79 Å². The number of amides is 1. The minimum absolute atomic E-state index is 0.00895. The van der Waals surface area contributed by atoms with E-state index in [0.717, 1.165) is 50.9 Å². The van der Waals surface area contributed by atoms with Crippen LogP contribution in [0.2, 0.25) is 0 Å². The second kappa shape index (κ2) is 7.36. The van der Waals surface area contributed by atoms with E-state index in [9.17, 15) is 4.79 Å². The molecule has 0 aromatic heterocycles. The maximum atomic E-state index is 11.6. The smallest absolute Gasteiger partial charge is 0.217 e. The first-order chi connectivity index (χ1) is 11.6. The molecule has 0 bridgehead atoms. The monoisotopic (exact) mass is 325 g/mol. The third kappa shape index (κ3) is 3.96. The molecule has 1 amide bonds. The summed E-state index contributed by atoms with van der Waals surface area (Å²) in [7, 11) is 0. The van der Waals surface area contributed by atoms with Crippen molar-refractivity contribution in [1.29, 1.82) is 5.26 Å². The highest BCUT2D eigenvalue weighted by atomic mass is 16.1. The maximum Gasteiger partial charge on any atom is 0.217 e. The minimum atomic E-state index is 0.00895. The lowest BCUT2D eigenvalue weighted by Gasteiger charge is -2.40. The molecule has 4 heteroatoms. The highest BCUT2D eigenvalue weighted by Crippen LogP contribution is 2.32. The molecule has 1 fully saturated rings. The van der Waals surface area contributed by atoms with Gasteiger partial charge in [0.15, 0.2) is 0 Å². The first-order valence-electron chi connectivity index (χ1n) is 9.13. The molecule has 4 nitrogen and oxygen atoms in total. The molecular weight excluding hydrogens is 298 g/mol. The van der Waals surface area contributed by atoms with Gasteiger partial charge in [0.2, 0.25) is 5.91 Å². The molecule has 1 aliphatic carbocycles. The van der Waals surface area contributed by atoms with Gasteiger partial charge in [-0.1, -0.05) is 25.3 Å². The Bertz CT molecular complexity index is 641. The first-order valence-corrected chi connectivity index (χ1v) is 9.13. The van der Waals surface area contributed by atoms with E-state index in [1.54, 1.807) is 6.92 Å². The maximum absolute atomic E-state index is 11.6. The van der Waals surface area contributed by atoms with Gasteiger partial charge in [-0.3, -0.25) is 9.69 Å². The Morgan fingerprint density at radius 2 is 2.08 bits per heavy atom. The standard InChI is InChI=1S/C20H27N3O/c1-16(24)22-20(8-3-2-4-9-20)10-12-23-11-7-18-13-17(14-21)5-6-19(18)15-23/h5-6,13H,2-4,7-12,15H2,1H3,(H,22,24). The van der Waals surface area contributed by atoms with E-state index >= 15 is 0 Å². The Balaban J connectivity index is 1.61. The third-order valence-electron chi connectivity index (χ3n) is 5.59. The van der Waals surface area contributed by atoms with Gasteiger partial charge in [0.1, 0.15) is 0 Å². The molecule has 1 saturated carbocycles. The summed E-state index contributed by atoms with van der Waals surface area (Å²) in [6.07, 6.45) is 8.01. The number of nitriles is 1. The number of nitrogens with one attached hydrogen (secondary N) is 1. The van der Waals surface area contributed by atoms with Crippen LogP contribution in [0.1, 0.15) is 62.1 Å². The van der Waals surface area contributed by atoms with Gasteiger partial charge in [-0.25, -0.2) is 0 Å². The molecular formula is C20H27N3O. The summed E-state index contributed by atoms with van der Waals surface area (Å²) in [5.41, 5.74) is 3.43. The molecule has 0 atom stereocenters. The molecule has 0 radical (unpaired) electrons. The lowest BCUT2D eigenvalue weighted by Crippen LogP contribution is -2.51. The average molecular weight is 325 g/mol. The summed E-state index contributed by atoms with van der Waals surface area (Å²) in [6.45, 7) is 4.66. The van der Waals surface area contributed by atoms with E-state index in [4.69, 9.17) is 5.26 Å². The molecule has 0 spiro atoms. The zero-order chi connectivity index (χ0) is 17.0. The van der Waals surface area contributed by atoms with E-state index in [1.807, 2.05) is 12.1 Å². The van der Waals surface area contributed by atoms with Gasteiger partial charge in [0, 0.05) is 32.1 Å². The molecule has 24 heavy (non-hydrogen) atoms. The lowest BCUT2D eigenvalue weighted by molar-refractivity contribution is -0.121. The summed E-state index contributed by atoms with van der Waals surface area (Å²) in [6, 6.07) is 8.28. The summed E-state index contributed by atoms with van der Waals surface area (Å²) in [4.78, 5) is 14.1. The lowest BCUT2D eigenvalue weighted by atomic mass is 9.79. The van der Waals surface area contributed by atoms with Crippen LogP contribution in [-0.4, -0.2) is 29.4 Å². The van der Waals surface area contributed by atoms with Crippen LogP contribution in [0.5, 0.6) is 0 Å². The van der Waals surface area contributed by atoms with Crippen molar-refractivity contribution >= 4 is 5.91 Å². The van der Waals surface area contributed by atoms with Crippen LogP contribution in [0.15, 0.2) is 18.2 Å². The van der Waals surface area contributed by atoms with Crippen LogP contribution in [-0.2, 0) is 17.8 Å². The van der Waals surface area contributed by atoms with Gasteiger partial charge in [-0.05, 0) is 48.9 Å². The molecule has 0 unspecified atom stereocenters. The van der Waals surface area contributed by atoms with Crippen molar-refractivity contribution in [2.75, 3.05) is 13.1 Å². The van der Waals surface area contributed by atoms with E-state index in [-0.39, 0.29) is 11.4 Å². The minimum Gasteiger partial charge on any atom is -0.351 e. The Kier molecular flexibility index (Phi) is 5.20. The van der Waals surface area contributed by atoms with E-state index < -0.39 is 0 Å². The molecule has 128 valence electrons. The number of hydrogen-bond acceptors (Lipinski definition) is 3. The van der Waals surface area contributed by atoms with Gasteiger partial charge in [-0.15, -0.1) is 0 Å².